The van der Waals surface area contributed by atoms with Gasteiger partial charge in [0.25, 0.3) is 5.56 Å². The van der Waals surface area contributed by atoms with Gasteiger partial charge in [0.05, 0.1) is 12.8 Å². The standard InChI is InChI=1S/C18H24N6O2/c1-12(20-22-18-19-17(25)13(2)21-23-18)14-6-7-16(26-3)15(10-14)11-24-8-4-5-9-24/h6-7,10H,4-5,8-9,11H2,1-3H3,(H2,19,22,23,25)/b20-12-. The van der Waals surface area contributed by atoms with E-state index in [0.29, 0.717) is 5.69 Å². The van der Waals surface area contributed by atoms with Crippen LogP contribution in [0.2, 0.25) is 0 Å². The van der Waals surface area contributed by atoms with Crippen molar-refractivity contribution in [2.75, 3.05) is 25.6 Å². The van der Waals surface area contributed by atoms with Gasteiger partial charge in [0.1, 0.15) is 11.4 Å². The second kappa shape index (κ2) is 8.09. The van der Waals surface area contributed by atoms with Gasteiger partial charge in [-0.05, 0) is 63.5 Å². The molecule has 3 rings (SSSR count). The summed E-state index contributed by atoms with van der Waals surface area (Å²) in [5.74, 6) is 1.10. The summed E-state index contributed by atoms with van der Waals surface area (Å²) in [7, 11) is 1.69. The lowest BCUT2D eigenvalue weighted by Crippen LogP contribution is -2.19. The average molecular weight is 356 g/mol. The van der Waals surface area contributed by atoms with E-state index in [2.05, 4.69) is 36.7 Å². The van der Waals surface area contributed by atoms with Crippen LogP contribution < -0.4 is 15.7 Å². The number of benzene rings is 1. The van der Waals surface area contributed by atoms with Crippen molar-refractivity contribution in [3.63, 3.8) is 0 Å². The first-order valence-corrected chi connectivity index (χ1v) is 8.70. The van der Waals surface area contributed by atoms with Crippen LogP contribution in [0.4, 0.5) is 5.95 Å². The number of likely N-dealkylation sites (tertiary alicyclic amines) is 1. The van der Waals surface area contributed by atoms with Crippen LogP contribution in [0, 0.1) is 6.92 Å². The predicted octanol–water partition coefficient (Wildman–Crippen LogP) is 1.91. The third kappa shape index (κ3) is 4.26. The van der Waals surface area contributed by atoms with E-state index in [1.807, 2.05) is 19.1 Å². The van der Waals surface area contributed by atoms with Gasteiger partial charge in [0.2, 0.25) is 5.95 Å². The summed E-state index contributed by atoms with van der Waals surface area (Å²) >= 11 is 0. The summed E-state index contributed by atoms with van der Waals surface area (Å²) in [6.07, 6.45) is 2.50. The fraction of sp³-hybridized carbons (Fsp3) is 0.444. The minimum absolute atomic E-state index is 0.214. The monoisotopic (exact) mass is 356 g/mol. The molecule has 0 spiro atoms. The number of nitrogens with zero attached hydrogens (tertiary/aromatic N) is 4. The Morgan fingerprint density at radius 2 is 2.12 bits per heavy atom. The number of hydrazone groups is 1. The first-order valence-electron chi connectivity index (χ1n) is 8.70. The van der Waals surface area contributed by atoms with E-state index in [1.54, 1.807) is 14.0 Å². The van der Waals surface area contributed by atoms with Crippen LogP contribution in [0.15, 0.2) is 28.1 Å². The molecule has 1 aromatic heterocycles. The van der Waals surface area contributed by atoms with Gasteiger partial charge in [-0.25, -0.2) is 5.43 Å². The normalized spacial score (nSPS) is 15.3. The summed E-state index contributed by atoms with van der Waals surface area (Å²) < 4.78 is 5.50. The fourth-order valence-electron chi connectivity index (χ4n) is 2.95. The summed E-state index contributed by atoms with van der Waals surface area (Å²) in [6, 6.07) is 6.03. The van der Waals surface area contributed by atoms with E-state index >= 15 is 0 Å². The highest BCUT2D eigenvalue weighted by atomic mass is 16.5. The maximum Gasteiger partial charge on any atom is 0.274 e. The molecule has 2 heterocycles. The van der Waals surface area contributed by atoms with Gasteiger partial charge in [0.15, 0.2) is 0 Å². The second-order valence-corrected chi connectivity index (χ2v) is 6.41. The zero-order chi connectivity index (χ0) is 18.5. The Morgan fingerprint density at radius 1 is 1.35 bits per heavy atom. The minimum Gasteiger partial charge on any atom is -0.496 e. The molecule has 0 bridgehead atoms. The first kappa shape index (κ1) is 18.1. The lowest BCUT2D eigenvalue weighted by Gasteiger charge is -2.17. The lowest BCUT2D eigenvalue weighted by molar-refractivity contribution is 0.321. The molecule has 1 fully saturated rings. The number of methoxy groups -OCH3 is 1. The molecule has 8 heteroatoms. The largest absolute Gasteiger partial charge is 0.496 e. The van der Waals surface area contributed by atoms with Crippen LogP contribution in [0.5, 0.6) is 5.75 Å². The second-order valence-electron chi connectivity index (χ2n) is 6.41. The molecule has 0 unspecified atom stereocenters. The highest BCUT2D eigenvalue weighted by molar-refractivity contribution is 5.99. The van der Waals surface area contributed by atoms with Gasteiger partial charge in [-0.2, -0.15) is 5.10 Å². The van der Waals surface area contributed by atoms with Crippen molar-refractivity contribution in [2.45, 2.75) is 33.2 Å². The van der Waals surface area contributed by atoms with Crippen molar-refractivity contribution in [3.8, 4) is 5.75 Å². The van der Waals surface area contributed by atoms with Crippen LogP contribution in [-0.4, -0.2) is 46.0 Å². The van der Waals surface area contributed by atoms with E-state index in [1.165, 1.54) is 12.8 Å². The first-order chi connectivity index (χ1) is 12.6. The van der Waals surface area contributed by atoms with E-state index in [4.69, 9.17) is 4.74 Å². The Kier molecular flexibility index (Phi) is 5.62. The SMILES string of the molecule is COc1ccc(/C(C)=N\Nc2nnc(C)c(=O)[nH]2)cc1CN1CCCC1. The van der Waals surface area contributed by atoms with Crippen LogP contribution in [0.25, 0.3) is 0 Å². The van der Waals surface area contributed by atoms with Gasteiger partial charge in [-0.3, -0.25) is 14.7 Å². The highest BCUT2D eigenvalue weighted by Gasteiger charge is 2.15. The smallest absolute Gasteiger partial charge is 0.274 e. The summed E-state index contributed by atoms with van der Waals surface area (Å²) in [4.78, 5) is 16.6. The molecule has 1 saturated heterocycles. The number of H-pyrrole nitrogens is 1. The number of aryl methyl sites for hydroxylation is 1. The Balaban J connectivity index is 1.78. The molecule has 2 N–H and O–H groups in total. The number of ether oxygens (including phenoxy) is 1. The molecular formula is C18H24N6O2. The molecule has 0 radical (unpaired) electrons. The molecule has 26 heavy (non-hydrogen) atoms. The number of hydrogen-bond donors (Lipinski definition) is 2. The van der Waals surface area contributed by atoms with E-state index in [9.17, 15) is 4.79 Å². The van der Waals surface area contributed by atoms with Gasteiger partial charge in [-0.1, -0.05) is 0 Å². The Morgan fingerprint density at radius 3 is 2.81 bits per heavy atom. The molecule has 138 valence electrons. The molecule has 8 nitrogen and oxygen atoms in total. The predicted molar refractivity (Wildman–Crippen MR) is 101 cm³/mol. The minimum atomic E-state index is -0.285. The molecule has 1 aliphatic rings. The molecule has 0 amide bonds. The van der Waals surface area contributed by atoms with E-state index in [0.717, 1.165) is 42.2 Å². The highest BCUT2D eigenvalue weighted by Crippen LogP contribution is 2.23. The third-order valence-corrected chi connectivity index (χ3v) is 4.48. The Labute approximate surface area is 152 Å². The lowest BCUT2D eigenvalue weighted by atomic mass is 10.1. The molecule has 0 atom stereocenters. The molecule has 2 aromatic rings. The van der Waals surface area contributed by atoms with Crippen molar-refractivity contribution >= 4 is 11.7 Å². The molecular weight excluding hydrogens is 332 g/mol. The van der Waals surface area contributed by atoms with Crippen LogP contribution in [0.1, 0.15) is 36.6 Å². The summed E-state index contributed by atoms with van der Waals surface area (Å²) in [5.41, 5.74) is 5.68. The fourth-order valence-corrected chi connectivity index (χ4v) is 2.95. The van der Waals surface area contributed by atoms with Gasteiger partial charge < -0.3 is 4.74 Å². The Bertz CT molecular complexity index is 855. The number of anilines is 1. The van der Waals surface area contributed by atoms with Crippen LogP contribution >= 0.6 is 0 Å². The van der Waals surface area contributed by atoms with Crippen molar-refractivity contribution in [2.24, 2.45) is 5.10 Å². The topological polar surface area (TPSA) is 95.5 Å². The van der Waals surface area contributed by atoms with Gasteiger partial charge >= 0.3 is 0 Å². The molecule has 0 saturated carbocycles. The van der Waals surface area contributed by atoms with Crippen molar-refractivity contribution < 1.29 is 4.74 Å². The summed E-state index contributed by atoms with van der Waals surface area (Å²) in [6.45, 7) is 6.62. The molecule has 1 aliphatic heterocycles. The van der Waals surface area contributed by atoms with Crippen LogP contribution in [-0.2, 0) is 6.54 Å². The van der Waals surface area contributed by atoms with E-state index in [-0.39, 0.29) is 11.5 Å². The number of aromatic nitrogens is 3. The number of hydrogen-bond acceptors (Lipinski definition) is 7. The molecule has 1 aromatic carbocycles. The Hall–Kier alpha value is -2.74. The van der Waals surface area contributed by atoms with Gasteiger partial charge in [0, 0.05) is 12.1 Å². The maximum atomic E-state index is 11.6. The van der Waals surface area contributed by atoms with E-state index < -0.39 is 0 Å². The third-order valence-electron chi connectivity index (χ3n) is 4.48. The summed E-state index contributed by atoms with van der Waals surface area (Å²) in [5, 5.41) is 11.9. The zero-order valence-corrected chi connectivity index (χ0v) is 15.4. The quantitative estimate of drug-likeness (QED) is 0.606. The van der Waals surface area contributed by atoms with Crippen molar-refractivity contribution in [1.82, 2.24) is 20.1 Å². The van der Waals surface area contributed by atoms with Crippen LogP contribution in [0.3, 0.4) is 0 Å². The van der Waals surface area contributed by atoms with Crippen molar-refractivity contribution in [1.29, 1.82) is 0 Å². The zero-order valence-electron chi connectivity index (χ0n) is 15.4. The number of aromatic amines is 1. The maximum absolute atomic E-state index is 11.6. The molecule has 0 aliphatic carbocycles. The van der Waals surface area contributed by atoms with Crippen molar-refractivity contribution in [3.05, 3.63) is 45.4 Å². The van der Waals surface area contributed by atoms with Gasteiger partial charge in [-0.15, -0.1) is 10.2 Å². The number of rotatable bonds is 6. The number of nitrogens with one attached hydrogen (secondary N) is 2. The average Bonchev–Trinajstić information content (AvgIpc) is 3.15.